The molecule has 0 unspecified atom stereocenters. The summed E-state index contributed by atoms with van der Waals surface area (Å²) in [6.45, 7) is 7.77. The van der Waals surface area contributed by atoms with Crippen LogP contribution in [0.4, 0.5) is 4.39 Å². The normalized spacial score (nSPS) is 16.5. The lowest BCUT2D eigenvalue weighted by atomic mass is 10.0. The third-order valence-corrected chi connectivity index (χ3v) is 4.34. The molecule has 0 aromatic heterocycles. The summed E-state index contributed by atoms with van der Waals surface area (Å²) < 4.78 is 19.0. The number of rotatable bonds is 5. The molecule has 0 aliphatic carbocycles. The maximum Gasteiger partial charge on any atom is 0.224 e. The third-order valence-electron chi connectivity index (χ3n) is 3.98. The van der Waals surface area contributed by atoms with Crippen LogP contribution in [-0.4, -0.2) is 49.2 Å². The van der Waals surface area contributed by atoms with Gasteiger partial charge in [-0.2, -0.15) is 0 Å². The van der Waals surface area contributed by atoms with E-state index in [4.69, 9.17) is 16.3 Å². The zero-order valence-corrected chi connectivity index (χ0v) is 13.8. The van der Waals surface area contributed by atoms with Gasteiger partial charge in [0.1, 0.15) is 5.82 Å². The van der Waals surface area contributed by atoms with E-state index in [9.17, 15) is 9.18 Å². The molecule has 1 N–H and O–H groups in total. The van der Waals surface area contributed by atoms with E-state index in [1.807, 2.05) is 0 Å². The SMILES string of the molecule is CC(C)(CNC(=O)Cc1c(F)cccc1Cl)N1CCOCC1. The molecule has 1 aliphatic rings. The third kappa shape index (κ3) is 4.41. The van der Waals surface area contributed by atoms with Gasteiger partial charge in [-0.1, -0.05) is 17.7 Å². The van der Waals surface area contributed by atoms with Crippen LogP contribution in [0.15, 0.2) is 18.2 Å². The Morgan fingerprint density at radius 3 is 2.73 bits per heavy atom. The molecule has 22 heavy (non-hydrogen) atoms. The second kappa shape index (κ2) is 7.40. The van der Waals surface area contributed by atoms with Gasteiger partial charge in [0, 0.05) is 35.8 Å². The van der Waals surface area contributed by atoms with E-state index in [1.54, 1.807) is 6.07 Å². The Kier molecular flexibility index (Phi) is 5.78. The quantitative estimate of drug-likeness (QED) is 0.901. The van der Waals surface area contributed by atoms with Crippen molar-refractivity contribution >= 4 is 17.5 Å². The molecule has 1 heterocycles. The standard InChI is InChI=1S/C16H22ClFN2O2/c1-16(2,20-6-8-22-9-7-20)11-19-15(21)10-12-13(17)4-3-5-14(12)18/h3-5H,6-11H2,1-2H3,(H,19,21). The number of carbonyl (C=O) groups excluding carboxylic acids is 1. The fourth-order valence-corrected chi connectivity index (χ4v) is 2.75. The molecule has 1 amide bonds. The van der Waals surface area contributed by atoms with Crippen molar-refractivity contribution in [2.45, 2.75) is 25.8 Å². The summed E-state index contributed by atoms with van der Waals surface area (Å²) in [4.78, 5) is 14.4. The van der Waals surface area contributed by atoms with Gasteiger partial charge >= 0.3 is 0 Å². The lowest BCUT2D eigenvalue weighted by molar-refractivity contribution is -0.121. The van der Waals surface area contributed by atoms with Crippen molar-refractivity contribution in [3.05, 3.63) is 34.6 Å². The minimum atomic E-state index is -0.449. The van der Waals surface area contributed by atoms with Crippen molar-refractivity contribution in [1.29, 1.82) is 0 Å². The van der Waals surface area contributed by atoms with Crippen molar-refractivity contribution in [2.75, 3.05) is 32.8 Å². The highest BCUT2D eigenvalue weighted by Crippen LogP contribution is 2.20. The largest absolute Gasteiger partial charge is 0.379 e. The second-order valence-electron chi connectivity index (χ2n) is 6.07. The number of halogens is 2. The first kappa shape index (κ1) is 17.2. The molecule has 0 atom stereocenters. The molecule has 0 bridgehead atoms. The van der Waals surface area contributed by atoms with Gasteiger partial charge in [-0.25, -0.2) is 4.39 Å². The van der Waals surface area contributed by atoms with Gasteiger partial charge in [-0.15, -0.1) is 0 Å². The van der Waals surface area contributed by atoms with Crippen molar-refractivity contribution < 1.29 is 13.9 Å². The highest BCUT2D eigenvalue weighted by atomic mass is 35.5. The number of ether oxygens (including phenoxy) is 1. The highest BCUT2D eigenvalue weighted by molar-refractivity contribution is 6.31. The summed E-state index contributed by atoms with van der Waals surface area (Å²) in [5.74, 6) is -0.677. The monoisotopic (exact) mass is 328 g/mol. The van der Waals surface area contributed by atoms with Crippen LogP contribution in [0.1, 0.15) is 19.4 Å². The van der Waals surface area contributed by atoms with Gasteiger partial charge in [0.05, 0.1) is 19.6 Å². The first-order valence-electron chi connectivity index (χ1n) is 7.42. The van der Waals surface area contributed by atoms with Gasteiger partial charge in [-0.05, 0) is 26.0 Å². The molecular formula is C16H22ClFN2O2. The topological polar surface area (TPSA) is 41.6 Å². The average Bonchev–Trinajstić information content (AvgIpc) is 2.50. The Bertz CT molecular complexity index is 511. The summed E-state index contributed by atoms with van der Waals surface area (Å²) in [6.07, 6.45) is -0.0509. The predicted molar refractivity (Wildman–Crippen MR) is 84.6 cm³/mol. The van der Waals surface area contributed by atoms with Gasteiger partial charge in [-0.3, -0.25) is 9.69 Å². The fraction of sp³-hybridized carbons (Fsp3) is 0.562. The number of amides is 1. The summed E-state index contributed by atoms with van der Waals surface area (Å²) in [6, 6.07) is 4.43. The molecule has 0 radical (unpaired) electrons. The Hall–Kier alpha value is -1.17. The van der Waals surface area contributed by atoms with Crippen molar-refractivity contribution in [2.24, 2.45) is 0 Å². The van der Waals surface area contributed by atoms with E-state index in [2.05, 4.69) is 24.1 Å². The molecule has 1 aliphatic heterocycles. The molecule has 2 rings (SSSR count). The maximum absolute atomic E-state index is 13.7. The van der Waals surface area contributed by atoms with Crippen molar-refractivity contribution in [3.63, 3.8) is 0 Å². The van der Waals surface area contributed by atoms with Crippen LogP contribution in [0.2, 0.25) is 5.02 Å². The Labute approximate surface area is 135 Å². The molecular weight excluding hydrogens is 307 g/mol. The minimum absolute atomic E-state index is 0.0509. The number of nitrogens with zero attached hydrogens (tertiary/aromatic N) is 1. The molecule has 1 aromatic carbocycles. The second-order valence-corrected chi connectivity index (χ2v) is 6.47. The summed E-state index contributed by atoms with van der Waals surface area (Å²) >= 11 is 5.94. The van der Waals surface area contributed by atoms with E-state index in [1.165, 1.54) is 12.1 Å². The van der Waals surface area contributed by atoms with Crippen molar-refractivity contribution in [3.8, 4) is 0 Å². The van der Waals surface area contributed by atoms with Crippen LogP contribution in [0, 0.1) is 5.82 Å². The van der Waals surface area contributed by atoms with Gasteiger partial charge in [0.15, 0.2) is 0 Å². The Morgan fingerprint density at radius 1 is 1.41 bits per heavy atom. The summed E-state index contributed by atoms with van der Waals surface area (Å²) in [7, 11) is 0. The number of hydrogen-bond acceptors (Lipinski definition) is 3. The first-order valence-corrected chi connectivity index (χ1v) is 7.80. The number of hydrogen-bond donors (Lipinski definition) is 1. The van der Waals surface area contributed by atoms with Crippen LogP contribution >= 0.6 is 11.6 Å². The van der Waals surface area contributed by atoms with E-state index in [-0.39, 0.29) is 28.5 Å². The molecule has 4 nitrogen and oxygen atoms in total. The number of morpholine rings is 1. The maximum atomic E-state index is 13.7. The zero-order chi connectivity index (χ0) is 16.2. The van der Waals surface area contributed by atoms with Gasteiger partial charge < -0.3 is 10.1 Å². The number of nitrogens with one attached hydrogen (secondary N) is 1. The van der Waals surface area contributed by atoms with Crippen molar-refractivity contribution in [1.82, 2.24) is 10.2 Å². The number of carbonyl (C=O) groups is 1. The lowest BCUT2D eigenvalue weighted by Gasteiger charge is -2.40. The Balaban J connectivity index is 1.89. The van der Waals surface area contributed by atoms with E-state index in [0.29, 0.717) is 19.8 Å². The molecule has 0 spiro atoms. The zero-order valence-electron chi connectivity index (χ0n) is 13.0. The van der Waals surface area contributed by atoms with Crippen LogP contribution in [0.3, 0.4) is 0 Å². The molecule has 0 saturated carbocycles. The highest BCUT2D eigenvalue weighted by Gasteiger charge is 2.28. The fourth-order valence-electron chi connectivity index (χ4n) is 2.52. The molecule has 122 valence electrons. The van der Waals surface area contributed by atoms with E-state index in [0.717, 1.165) is 13.1 Å². The minimum Gasteiger partial charge on any atom is -0.379 e. The molecule has 1 saturated heterocycles. The predicted octanol–water partition coefficient (Wildman–Crippen LogP) is 2.25. The number of benzene rings is 1. The summed E-state index contributed by atoms with van der Waals surface area (Å²) in [5.41, 5.74) is 0.0733. The average molecular weight is 329 g/mol. The van der Waals surface area contributed by atoms with Crippen LogP contribution in [-0.2, 0) is 16.0 Å². The van der Waals surface area contributed by atoms with Gasteiger partial charge in [0.2, 0.25) is 5.91 Å². The van der Waals surface area contributed by atoms with Gasteiger partial charge in [0.25, 0.3) is 0 Å². The van der Waals surface area contributed by atoms with Crippen LogP contribution < -0.4 is 5.32 Å². The van der Waals surface area contributed by atoms with Crippen LogP contribution in [0.5, 0.6) is 0 Å². The molecule has 6 heteroatoms. The molecule has 1 fully saturated rings. The van der Waals surface area contributed by atoms with E-state index >= 15 is 0 Å². The smallest absolute Gasteiger partial charge is 0.224 e. The van der Waals surface area contributed by atoms with Crippen LogP contribution in [0.25, 0.3) is 0 Å². The Morgan fingerprint density at radius 2 is 2.09 bits per heavy atom. The first-order chi connectivity index (χ1) is 10.4. The van der Waals surface area contributed by atoms with E-state index < -0.39 is 5.82 Å². The lowest BCUT2D eigenvalue weighted by Crippen LogP contribution is -2.55. The summed E-state index contributed by atoms with van der Waals surface area (Å²) in [5, 5.41) is 3.16. The molecule has 1 aromatic rings.